The van der Waals surface area contributed by atoms with Crippen LogP contribution in [0.25, 0.3) is 0 Å². The molecule has 2 aromatic carbocycles. The van der Waals surface area contributed by atoms with E-state index in [4.69, 9.17) is 5.63 Å². The fourth-order valence-corrected chi connectivity index (χ4v) is 12.8. The number of ketones is 2. The van der Waals surface area contributed by atoms with Crippen LogP contribution in [0.4, 0.5) is 0 Å². The predicted octanol–water partition coefficient (Wildman–Crippen LogP) is 6.36. The number of Topliss-reactive ketones (excluding diaryl/α,β-unsaturated/α-hetero) is 2. The Labute approximate surface area is 188 Å². The van der Waals surface area contributed by atoms with Crippen LogP contribution in [-0.2, 0) is 21.1 Å². The third kappa shape index (κ3) is 4.33. The minimum absolute atomic E-state index is 0.0354. The van der Waals surface area contributed by atoms with Gasteiger partial charge in [0.2, 0.25) is 0 Å². The summed E-state index contributed by atoms with van der Waals surface area (Å²) in [5, 5.41) is 0. The fraction of sp³-hybridized carbons (Fsp3) is 0.154. The molecule has 4 rings (SSSR count). The van der Waals surface area contributed by atoms with Gasteiger partial charge in [0, 0.05) is 0 Å². The summed E-state index contributed by atoms with van der Waals surface area (Å²) in [5.41, 5.74) is 1.06. The Kier molecular flexibility index (Phi) is 6.34. The third-order valence-electron chi connectivity index (χ3n) is 5.50. The van der Waals surface area contributed by atoms with Crippen molar-refractivity contribution < 1.29 is 36.4 Å². The number of rotatable bonds is 8. The average molecular weight is 492 g/mol. The number of para-hydroxylation sites is 2. The Hall–Kier alpha value is -2.78. The van der Waals surface area contributed by atoms with Gasteiger partial charge in [0.05, 0.1) is 0 Å². The second-order valence-electron chi connectivity index (χ2n) is 7.62. The van der Waals surface area contributed by atoms with Crippen LogP contribution >= 0.6 is 0 Å². The van der Waals surface area contributed by atoms with Crippen molar-refractivity contribution in [1.29, 1.82) is 0 Å². The van der Waals surface area contributed by atoms with Gasteiger partial charge in [-0.15, -0.1) is 0 Å². The average Bonchev–Trinajstić information content (AvgIpc) is 3.48. The molecular weight excluding hydrogens is 468 g/mol. The summed E-state index contributed by atoms with van der Waals surface area (Å²) in [5.74, 6) is 0.951. The van der Waals surface area contributed by atoms with Gasteiger partial charge in [-0.25, -0.2) is 0 Å². The summed E-state index contributed by atoms with van der Waals surface area (Å²) in [6.07, 6.45) is 16.4. The summed E-state index contributed by atoms with van der Waals surface area (Å²) in [7, 11) is 0. The second-order valence-corrected chi connectivity index (χ2v) is 15.4. The minimum atomic E-state index is -4.23. The second kappa shape index (κ2) is 9.15. The molecule has 156 valence electrons. The molecule has 2 aliphatic rings. The van der Waals surface area contributed by atoms with Crippen LogP contribution in [-0.4, -0.2) is 11.6 Å². The van der Waals surface area contributed by atoms with Crippen LogP contribution in [0.5, 0.6) is 11.5 Å². The van der Waals surface area contributed by atoms with Crippen molar-refractivity contribution in [2.24, 2.45) is 0 Å². The molecule has 0 aliphatic heterocycles. The van der Waals surface area contributed by atoms with Gasteiger partial charge in [-0.1, -0.05) is 0 Å². The molecule has 31 heavy (non-hydrogen) atoms. The van der Waals surface area contributed by atoms with Gasteiger partial charge in [0.15, 0.2) is 0 Å². The molecule has 0 bridgehead atoms. The van der Waals surface area contributed by atoms with Crippen molar-refractivity contribution in [3.8, 4) is 11.5 Å². The summed E-state index contributed by atoms with van der Waals surface area (Å²) in [6.45, 7) is 3.08. The Morgan fingerprint density at radius 2 is 1.00 bits per heavy atom. The molecule has 2 aromatic rings. The van der Waals surface area contributed by atoms with Crippen molar-refractivity contribution in [2.75, 3.05) is 0 Å². The molecule has 0 atom stereocenters. The molecule has 2 aliphatic carbocycles. The first-order valence-corrected chi connectivity index (χ1v) is 15.1. The van der Waals surface area contributed by atoms with E-state index in [2.05, 4.69) is 24.3 Å². The zero-order valence-corrected chi connectivity index (χ0v) is 20.0. The van der Waals surface area contributed by atoms with E-state index in [0.29, 0.717) is 22.6 Å². The fourth-order valence-electron chi connectivity index (χ4n) is 3.95. The van der Waals surface area contributed by atoms with Gasteiger partial charge < -0.3 is 0 Å². The van der Waals surface area contributed by atoms with E-state index >= 15 is 0 Å². The third-order valence-corrected chi connectivity index (χ3v) is 14.6. The Morgan fingerprint density at radius 1 is 0.645 bits per heavy atom. The van der Waals surface area contributed by atoms with E-state index in [9.17, 15) is 9.59 Å². The van der Waals surface area contributed by atoms with E-state index in [1.165, 1.54) is 13.8 Å². The molecule has 0 saturated heterocycles. The van der Waals surface area contributed by atoms with Crippen LogP contribution in [0.3, 0.4) is 0 Å². The zero-order valence-electron chi connectivity index (χ0n) is 17.5. The van der Waals surface area contributed by atoms with Crippen LogP contribution in [0, 0.1) is 0 Å². The Morgan fingerprint density at radius 3 is 1.35 bits per heavy atom. The van der Waals surface area contributed by atoms with Crippen LogP contribution in [0.2, 0.25) is 7.25 Å². The van der Waals surface area contributed by atoms with Crippen molar-refractivity contribution in [2.45, 2.75) is 21.1 Å². The van der Waals surface area contributed by atoms with Gasteiger partial charge >= 0.3 is 189 Å². The predicted molar refractivity (Wildman–Crippen MR) is 118 cm³/mol. The molecule has 0 N–H and O–H groups in total. The Balaban J connectivity index is 1.88. The first-order valence-electron chi connectivity index (χ1n) is 10.3. The quantitative estimate of drug-likeness (QED) is 0.403. The normalized spacial score (nSPS) is 15.5. The SMILES string of the molecule is CC(=O)c1ccccc1[O][Zr]([O]c1ccccc1C(C)=O)([CH]1C=CC=C1)[CH]1C=CC=C1. The number of hydrogen-bond donors (Lipinski definition) is 0. The molecule has 0 amide bonds. The summed E-state index contributed by atoms with van der Waals surface area (Å²) < 4.78 is 13.6. The topological polar surface area (TPSA) is 52.6 Å². The number of hydrogen-bond acceptors (Lipinski definition) is 4. The number of allylic oxidation sites excluding steroid dienone is 8. The van der Waals surface area contributed by atoms with Gasteiger partial charge in [0.25, 0.3) is 0 Å². The molecule has 0 saturated carbocycles. The first kappa shape index (κ1) is 21.5. The summed E-state index contributed by atoms with van der Waals surface area (Å²) in [6, 6.07) is 14.6. The van der Waals surface area contributed by atoms with Crippen molar-refractivity contribution in [3.63, 3.8) is 0 Å². The molecular formula is C26H24O4Zr. The number of benzene rings is 2. The Bertz CT molecular complexity index is 1010. The standard InChI is InChI=1S/2C8H8O2.2C5H5.Zr/c2*1-6(9)7-4-2-3-5-8(7)10;2*1-2-4-5-3-1;/h2*2-5,10H,1H3;2*1-5H;/q;;;;+2/p-2. The van der Waals surface area contributed by atoms with E-state index in [0.717, 1.165) is 0 Å². The van der Waals surface area contributed by atoms with Crippen LogP contribution < -0.4 is 5.63 Å². The number of carbonyl (C=O) groups excluding carboxylic acids is 2. The number of carbonyl (C=O) groups is 2. The molecule has 0 spiro atoms. The van der Waals surface area contributed by atoms with Crippen molar-refractivity contribution >= 4 is 11.6 Å². The van der Waals surface area contributed by atoms with Crippen LogP contribution in [0.15, 0.2) is 97.1 Å². The summed E-state index contributed by atoms with van der Waals surface area (Å²) >= 11 is -4.23. The van der Waals surface area contributed by atoms with Crippen LogP contribution in [0.1, 0.15) is 34.6 Å². The first-order chi connectivity index (χ1) is 15.0. The van der Waals surface area contributed by atoms with E-state index < -0.39 is 21.1 Å². The molecule has 0 aromatic heterocycles. The van der Waals surface area contributed by atoms with E-state index in [1.54, 1.807) is 12.1 Å². The van der Waals surface area contributed by atoms with Crippen molar-refractivity contribution in [1.82, 2.24) is 0 Å². The van der Waals surface area contributed by atoms with Gasteiger partial charge in [0.1, 0.15) is 0 Å². The van der Waals surface area contributed by atoms with E-state index in [1.807, 2.05) is 60.7 Å². The van der Waals surface area contributed by atoms with Gasteiger partial charge in [-0.3, -0.25) is 0 Å². The maximum absolute atomic E-state index is 12.3. The molecule has 0 fully saturated rings. The molecule has 0 radical (unpaired) electrons. The summed E-state index contributed by atoms with van der Waals surface area (Å²) in [4.78, 5) is 24.6. The van der Waals surface area contributed by atoms with Crippen molar-refractivity contribution in [3.05, 3.63) is 108 Å². The molecule has 5 heteroatoms. The zero-order chi connectivity index (χ0) is 21.8. The monoisotopic (exact) mass is 490 g/mol. The van der Waals surface area contributed by atoms with E-state index in [-0.39, 0.29) is 18.8 Å². The van der Waals surface area contributed by atoms with Gasteiger partial charge in [-0.2, -0.15) is 0 Å². The molecule has 0 unspecified atom stereocenters. The maximum atomic E-state index is 12.3. The van der Waals surface area contributed by atoms with Gasteiger partial charge in [-0.05, 0) is 0 Å². The molecule has 0 heterocycles. The molecule has 4 nitrogen and oxygen atoms in total.